The van der Waals surface area contributed by atoms with Crippen molar-refractivity contribution in [3.05, 3.63) is 29.0 Å². The molecule has 92 valence electrons. The largest absolute Gasteiger partial charge is 0.342 e. The Morgan fingerprint density at radius 3 is 3.00 bits per heavy atom. The summed E-state index contributed by atoms with van der Waals surface area (Å²) < 4.78 is 0. The van der Waals surface area contributed by atoms with Crippen molar-refractivity contribution < 1.29 is 0 Å². The molecule has 0 aromatic carbocycles. The van der Waals surface area contributed by atoms with Gasteiger partial charge in [0.15, 0.2) is 0 Å². The van der Waals surface area contributed by atoms with Crippen LogP contribution in [0.5, 0.6) is 0 Å². The third-order valence-electron chi connectivity index (χ3n) is 2.75. The van der Waals surface area contributed by atoms with Gasteiger partial charge in [0, 0.05) is 23.8 Å². The molecule has 0 saturated heterocycles. The summed E-state index contributed by atoms with van der Waals surface area (Å²) in [5, 5.41) is 5.16. The van der Waals surface area contributed by atoms with Gasteiger partial charge in [0.1, 0.15) is 5.65 Å². The molecule has 0 unspecified atom stereocenters. The van der Waals surface area contributed by atoms with E-state index in [9.17, 15) is 0 Å². The zero-order chi connectivity index (χ0) is 12.3. The molecule has 0 aliphatic rings. The van der Waals surface area contributed by atoms with Crippen LogP contribution in [0, 0.1) is 5.92 Å². The Balaban J connectivity index is 1.98. The van der Waals surface area contributed by atoms with Crippen molar-refractivity contribution in [2.24, 2.45) is 5.92 Å². The van der Waals surface area contributed by atoms with Gasteiger partial charge in [-0.25, -0.2) is 4.98 Å². The lowest BCUT2D eigenvalue weighted by molar-refractivity contribution is 0.535. The molecule has 0 aliphatic carbocycles. The van der Waals surface area contributed by atoms with E-state index in [1.807, 2.05) is 6.07 Å². The fraction of sp³-hybridized carbons (Fsp3) is 0.462. The van der Waals surface area contributed by atoms with E-state index in [-0.39, 0.29) is 0 Å². The summed E-state index contributed by atoms with van der Waals surface area (Å²) in [7, 11) is 0. The minimum atomic E-state index is 0.737. The van der Waals surface area contributed by atoms with Gasteiger partial charge in [0.05, 0.1) is 5.02 Å². The molecule has 0 saturated carbocycles. The van der Waals surface area contributed by atoms with Crippen LogP contribution in [-0.4, -0.2) is 16.5 Å². The van der Waals surface area contributed by atoms with E-state index >= 15 is 0 Å². The van der Waals surface area contributed by atoms with Gasteiger partial charge in [0.2, 0.25) is 0 Å². The number of hydrogen-bond donors (Lipinski definition) is 2. The van der Waals surface area contributed by atoms with E-state index in [2.05, 4.69) is 35.2 Å². The molecule has 0 bridgehead atoms. The minimum absolute atomic E-state index is 0.737. The molecule has 0 atom stereocenters. The Hall–Kier alpha value is -1.06. The van der Waals surface area contributed by atoms with Crippen LogP contribution >= 0.6 is 11.6 Å². The molecule has 2 aromatic heterocycles. The predicted octanol–water partition coefficient (Wildman–Crippen LogP) is 3.35. The predicted molar refractivity (Wildman–Crippen MR) is 72.3 cm³/mol. The van der Waals surface area contributed by atoms with Crippen molar-refractivity contribution in [2.45, 2.75) is 26.8 Å². The highest BCUT2D eigenvalue weighted by molar-refractivity contribution is 6.35. The summed E-state index contributed by atoms with van der Waals surface area (Å²) in [5.74, 6) is 0.737. The van der Waals surface area contributed by atoms with Crippen molar-refractivity contribution in [2.75, 3.05) is 6.54 Å². The third kappa shape index (κ3) is 3.20. The van der Waals surface area contributed by atoms with Gasteiger partial charge < -0.3 is 10.3 Å². The molecule has 2 N–H and O–H groups in total. The molecule has 0 amide bonds. The van der Waals surface area contributed by atoms with Crippen molar-refractivity contribution in [1.29, 1.82) is 0 Å². The van der Waals surface area contributed by atoms with E-state index in [0.29, 0.717) is 0 Å². The van der Waals surface area contributed by atoms with E-state index in [0.717, 1.165) is 40.8 Å². The number of hydrogen-bond acceptors (Lipinski definition) is 2. The second kappa shape index (κ2) is 5.52. The van der Waals surface area contributed by atoms with E-state index in [1.54, 1.807) is 6.20 Å². The molecule has 0 radical (unpaired) electrons. The maximum Gasteiger partial charge on any atom is 0.138 e. The smallest absolute Gasteiger partial charge is 0.138 e. The SMILES string of the molecule is CC(C)CCNCc1cc2c(Cl)ccnc2[nH]1. The number of aromatic amines is 1. The van der Waals surface area contributed by atoms with Gasteiger partial charge in [-0.2, -0.15) is 0 Å². The highest BCUT2D eigenvalue weighted by atomic mass is 35.5. The number of halogens is 1. The average molecular weight is 252 g/mol. The summed E-state index contributed by atoms with van der Waals surface area (Å²) >= 11 is 6.09. The van der Waals surface area contributed by atoms with Crippen LogP contribution in [0.2, 0.25) is 5.02 Å². The first kappa shape index (κ1) is 12.4. The van der Waals surface area contributed by atoms with Crippen molar-refractivity contribution in [1.82, 2.24) is 15.3 Å². The third-order valence-corrected chi connectivity index (χ3v) is 3.08. The zero-order valence-corrected chi connectivity index (χ0v) is 11.0. The average Bonchev–Trinajstić information content (AvgIpc) is 2.69. The van der Waals surface area contributed by atoms with Gasteiger partial charge >= 0.3 is 0 Å². The van der Waals surface area contributed by atoms with Crippen LogP contribution in [0.1, 0.15) is 26.0 Å². The number of aromatic nitrogens is 2. The number of nitrogens with zero attached hydrogens (tertiary/aromatic N) is 1. The summed E-state index contributed by atoms with van der Waals surface area (Å²) in [6, 6.07) is 3.88. The summed E-state index contributed by atoms with van der Waals surface area (Å²) in [4.78, 5) is 7.52. The summed E-state index contributed by atoms with van der Waals surface area (Å²) in [5.41, 5.74) is 1.99. The van der Waals surface area contributed by atoms with Gasteiger partial charge in [-0.05, 0) is 31.0 Å². The lowest BCUT2D eigenvalue weighted by Gasteiger charge is -2.05. The van der Waals surface area contributed by atoms with E-state index in [4.69, 9.17) is 11.6 Å². The Labute approximate surface area is 107 Å². The monoisotopic (exact) mass is 251 g/mol. The van der Waals surface area contributed by atoms with Crippen LogP contribution in [0.25, 0.3) is 11.0 Å². The molecule has 2 rings (SSSR count). The quantitative estimate of drug-likeness (QED) is 0.800. The minimum Gasteiger partial charge on any atom is -0.342 e. The fourth-order valence-electron chi connectivity index (χ4n) is 1.76. The number of rotatable bonds is 5. The first-order chi connectivity index (χ1) is 8.16. The van der Waals surface area contributed by atoms with Gasteiger partial charge in [0.25, 0.3) is 0 Å². The topological polar surface area (TPSA) is 40.7 Å². The molecule has 17 heavy (non-hydrogen) atoms. The Morgan fingerprint density at radius 1 is 1.47 bits per heavy atom. The Morgan fingerprint density at radius 2 is 2.29 bits per heavy atom. The number of pyridine rings is 1. The Kier molecular flexibility index (Phi) is 4.02. The number of fused-ring (bicyclic) bond motifs is 1. The lowest BCUT2D eigenvalue weighted by atomic mass is 10.1. The second-order valence-corrected chi connectivity index (χ2v) is 5.12. The van der Waals surface area contributed by atoms with Gasteiger partial charge in [-0.1, -0.05) is 25.4 Å². The Bertz CT molecular complexity index is 490. The number of H-pyrrole nitrogens is 1. The first-order valence-corrected chi connectivity index (χ1v) is 6.37. The van der Waals surface area contributed by atoms with Crippen LogP contribution < -0.4 is 5.32 Å². The van der Waals surface area contributed by atoms with Crippen LogP contribution in [-0.2, 0) is 6.54 Å². The fourth-order valence-corrected chi connectivity index (χ4v) is 1.96. The molecule has 0 fully saturated rings. The second-order valence-electron chi connectivity index (χ2n) is 4.71. The first-order valence-electron chi connectivity index (χ1n) is 5.99. The van der Waals surface area contributed by atoms with Crippen LogP contribution in [0.3, 0.4) is 0 Å². The summed E-state index contributed by atoms with van der Waals surface area (Å²) in [6.07, 6.45) is 2.91. The van der Waals surface area contributed by atoms with Crippen molar-refractivity contribution in [3.63, 3.8) is 0 Å². The molecule has 4 heteroatoms. The van der Waals surface area contributed by atoms with E-state index < -0.39 is 0 Å². The molecular formula is C13H18ClN3. The van der Waals surface area contributed by atoms with Crippen LogP contribution in [0.15, 0.2) is 18.3 Å². The molecule has 0 aliphatic heterocycles. The highest BCUT2D eigenvalue weighted by Gasteiger charge is 2.04. The van der Waals surface area contributed by atoms with Gasteiger partial charge in [-0.15, -0.1) is 0 Å². The van der Waals surface area contributed by atoms with E-state index in [1.165, 1.54) is 6.42 Å². The standard InChI is InChI=1S/C13H18ClN3/c1-9(2)3-5-15-8-10-7-11-12(14)4-6-16-13(11)17-10/h4,6-7,9,15H,3,5,8H2,1-2H3,(H,16,17). The molecule has 2 heterocycles. The molecule has 3 nitrogen and oxygen atoms in total. The molecule has 0 spiro atoms. The highest BCUT2D eigenvalue weighted by Crippen LogP contribution is 2.21. The lowest BCUT2D eigenvalue weighted by Crippen LogP contribution is -2.16. The summed E-state index contributed by atoms with van der Waals surface area (Å²) in [6.45, 7) is 6.33. The maximum atomic E-state index is 6.09. The van der Waals surface area contributed by atoms with Crippen LogP contribution in [0.4, 0.5) is 0 Å². The van der Waals surface area contributed by atoms with Crippen molar-refractivity contribution in [3.8, 4) is 0 Å². The normalized spacial score (nSPS) is 11.5. The van der Waals surface area contributed by atoms with Crippen molar-refractivity contribution >= 4 is 22.6 Å². The van der Waals surface area contributed by atoms with Gasteiger partial charge in [-0.3, -0.25) is 0 Å². The zero-order valence-electron chi connectivity index (χ0n) is 10.3. The number of nitrogens with one attached hydrogen (secondary N) is 2. The maximum absolute atomic E-state index is 6.09. The molecule has 2 aromatic rings. The molecular weight excluding hydrogens is 234 g/mol.